The number of allylic oxidation sites excluding steroid dienone is 1. The van der Waals surface area contributed by atoms with E-state index in [0.29, 0.717) is 0 Å². The minimum absolute atomic E-state index is 0.0649. The van der Waals surface area contributed by atoms with E-state index in [4.69, 9.17) is 4.74 Å². The third-order valence-corrected chi connectivity index (χ3v) is 1.66. The van der Waals surface area contributed by atoms with E-state index >= 15 is 0 Å². The van der Waals surface area contributed by atoms with Crippen LogP contribution in [0.1, 0.15) is 6.42 Å². The Morgan fingerprint density at radius 2 is 2.82 bits per heavy atom. The van der Waals surface area contributed by atoms with Gasteiger partial charge in [-0.2, -0.15) is 0 Å². The molecule has 1 radical (unpaired) electrons. The first-order valence-electron chi connectivity index (χ1n) is 3.51. The molecule has 2 heterocycles. The Labute approximate surface area is 65.6 Å². The third kappa shape index (κ3) is 0.888. The zero-order valence-corrected chi connectivity index (χ0v) is 6.08. The van der Waals surface area contributed by atoms with Gasteiger partial charge in [0, 0.05) is 18.8 Å². The lowest BCUT2D eigenvalue weighted by atomic mass is 10.3. The maximum Gasteiger partial charge on any atom is 0.254 e. The summed E-state index contributed by atoms with van der Waals surface area (Å²) < 4.78 is 5.16. The summed E-state index contributed by atoms with van der Waals surface area (Å²) in [7, 11) is 0. The number of hydrogen-bond acceptors (Lipinski definition) is 3. The fourth-order valence-electron chi connectivity index (χ4n) is 1.15. The predicted octanol–water partition coefficient (Wildman–Crippen LogP) is 0.897. The number of hydrogen-bond donors (Lipinski definition) is 1. The molecule has 2 aliphatic heterocycles. The standard InChI is InChI=1S/C8H9N2O/c1-2-3-7-6-11-8-9-4-5-10(7)8/h2,4-5,8-9H,1,3H2. The van der Waals surface area contributed by atoms with Crippen molar-refractivity contribution in [2.75, 3.05) is 0 Å². The first-order chi connectivity index (χ1) is 5.42. The van der Waals surface area contributed by atoms with Crippen molar-refractivity contribution in [3.63, 3.8) is 0 Å². The number of nitrogens with one attached hydrogen (secondary N) is 1. The molecule has 2 aliphatic rings. The lowest BCUT2D eigenvalue weighted by Crippen LogP contribution is -2.30. The van der Waals surface area contributed by atoms with Gasteiger partial charge in [-0.1, -0.05) is 6.08 Å². The third-order valence-electron chi connectivity index (χ3n) is 1.66. The number of nitrogens with zero attached hydrogens (tertiary/aromatic N) is 1. The van der Waals surface area contributed by atoms with Crippen molar-refractivity contribution >= 4 is 0 Å². The summed E-state index contributed by atoms with van der Waals surface area (Å²) in [6.45, 7) is 3.65. The van der Waals surface area contributed by atoms with Crippen LogP contribution in [0.15, 0.2) is 30.8 Å². The largest absolute Gasteiger partial charge is 0.446 e. The Balaban J connectivity index is 2.11. The van der Waals surface area contributed by atoms with E-state index in [1.54, 1.807) is 0 Å². The smallest absolute Gasteiger partial charge is 0.254 e. The second kappa shape index (κ2) is 2.34. The van der Waals surface area contributed by atoms with Crippen molar-refractivity contribution in [2.45, 2.75) is 12.8 Å². The molecule has 0 amide bonds. The molecule has 0 spiro atoms. The molecule has 57 valence electrons. The molecule has 0 fully saturated rings. The van der Waals surface area contributed by atoms with Gasteiger partial charge in [-0.3, -0.25) is 4.90 Å². The highest BCUT2D eigenvalue weighted by atomic mass is 16.5. The van der Waals surface area contributed by atoms with Crippen LogP contribution < -0.4 is 5.32 Å². The highest BCUT2D eigenvalue weighted by molar-refractivity contribution is 5.11. The maximum absolute atomic E-state index is 5.16. The number of rotatable bonds is 2. The molecule has 0 saturated carbocycles. The Hall–Kier alpha value is -1.38. The number of ether oxygens (including phenoxy) is 1. The predicted molar refractivity (Wildman–Crippen MR) is 40.6 cm³/mol. The molecule has 1 atom stereocenters. The average Bonchev–Trinajstić information content (AvgIpc) is 2.53. The van der Waals surface area contributed by atoms with Crippen LogP contribution in [0.5, 0.6) is 0 Å². The Bertz CT molecular complexity index is 232. The molecule has 3 heteroatoms. The van der Waals surface area contributed by atoms with Gasteiger partial charge < -0.3 is 10.1 Å². The Morgan fingerprint density at radius 1 is 1.91 bits per heavy atom. The van der Waals surface area contributed by atoms with Gasteiger partial charge >= 0.3 is 0 Å². The number of fused-ring (bicyclic) bond motifs is 1. The SMILES string of the molecule is C=CCC1=[C]OC2NC=CN12. The van der Waals surface area contributed by atoms with Gasteiger partial charge in [0.2, 0.25) is 0 Å². The minimum Gasteiger partial charge on any atom is -0.446 e. The molecule has 0 aromatic rings. The average molecular weight is 149 g/mol. The van der Waals surface area contributed by atoms with Crippen LogP contribution >= 0.6 is 0 Å². The monoisotopic (exact) mass is 149 g/mol. The Morgan fingerprint density at radius 3 is 3.64 bits per heavy atom. The van der Waals surface area contributed by atoms with Gasteiger partial charge in [-0.05, 0) is 0 Å². The van der Waals surface area contributed by atoms with Crippen LogP contribution in [0.4, 0.5) is 0 Å². The van der Waals surface area contributed by atoms with Crippen molar-refractivity contribution in [3.8, 4) is 0 Å². The second-order valence-corrected chi connectivity index (χ2v) is 2.40. The van der Waals surface area contributed by atoms with Gasteiger partial charge in [0.15, 0.2) is 6.26 Å². The van der Waals surface area contributed by atoms with Crippen LogP contribution in [0.2, 0.25) is 0 Å². The van der Waals surface area contributed by atoms with Gasteiger partial charge in [-0.15, -0.1) is 6.58 Å². The van der Waals surface area contributed by atoms with Crippen LogP contribution in [0.25, 0.3) is 0 Å². The lowest BCUT2D eigenvalue weighted by Gasteiger charge is -2.16. The molecule has 0 bridgehead atoms. The molecule has 3 nitrogen and oxygen atoms in total. The van der Waals surface area contributed by atoms with Crippen LogP contribution in [0, 0.1) is 6.26 Å². The molecule has 0 aromatic heterocycles. The van der Waals surface area contributed by atoms with E-state index in [0.717, 1.165) is 12.1 Å². The summed E-state index contributed by atoms with van der Waals surface area (Å²) in [5.41, 5.74) is 1.02. The summed E-state index contributed by atoms with van der Waals surface area (Å²) >= 11 is 0. The molecule has 1 unspecified atom stereocenters. The van der Waals surface area contributed by atoms with Crippen LogP contribution in [0.3, 0.4) is 0 Å². The van der Waals surface area contributed by atoms with Crippen LogP contribution in [-0.2, 0) is 4.74 Å². The van der Waals surface area contributed by atoms with Gasteiger partial charge in [0.25, 0.3) is 6.35 Å². The molecular weight excluding hydrogens is 140 g/mol. The molecular formula is C8H9N2O. The van der Waals surface area contributed by atoms with Crippen molar-refractivity contribution in [2.24, 2.45) is 0 Å². The minimum atomic E-state index is -0.0649. The van der Waals surface area contributed by atoms with Gasteiger partial charge in [0.05, 0.1) is 5.70 Å². The van der Waals surface area contributed by atoms with Crippen molar-refractivity contribution in [3.05, 3.63) is 37.0 Å². The van der Waals surface area contributed by atoms with Gasteiger partial charge in [0.1, 0.15) is 0 Å². The molecule has 0 aromatic carbocycles. The molecule has 0 aliphatic carbocycles. The quantitative estimate of drug-likeness (QED) is 0.590. The van der Waals surface area contributed by atoms with E-state index in [2.05, 4.69) is 18.2 Å². The highest BCUT2D eigenvalue weighted by Gasteiger charge is 2.27. The fourth-order valence-corrected chi connectivity index (χ4v) is 1.15. The fraction of sp³-hybridized carbons (Fsp3) is 0.250. The normalized spacial score (nSPS) is 25.6. The molecule has 0 saturated heterocycles. The topological polar surface area (TPSA) is 24.5 Å². The first-order valence-corrected chi connectivity index (χ1v) is 3.51. The van der Waals surface area contributed by atoms with Crippen molar-refractivity contribution in [1.82, 2.24) is 10.2 Å². The van der Waals surface area contributed by atoms with Gasteiger partial charge in [-0.25, -0.2) is 0 Å². The summed E-state index contributed by atoms with van der Waals surface area (Å²) in [6, 6.07) is 0. The van der Waals surface area contributed by atoms with Crippen LogP contribution in [-0.4, -0.2) is 11.3 Å². The second-order valence-electron chi connectivity index (χ2n) is 2.40. The van der Waals surface area contributed by atoms with E-state index in [9.17, 15) is 0 Å². The Kier molecular flexibility index (Phi) is 1.35. The zero-order valence-electron chi connectivity index (χ0n) is 6.08. The van der Waals surface area contributed by atoms with E-state index in [1.807, 2.05) is 23.4 Å². The summed E-state index contributed by atoms with van der Waals surface area (Å²) in [6.07, 6.45) is 9.17. The first kappa shape index (κ1) is 6.34. The van der Waals surface area contributed by atoms with E-state index in [1.165, 1.54) is 0 Å². The maximum atomic E-state index is 5.16. The summed E-state index contributed by atoms with van der Waals surface area (Å²) in [4.78, 5) is 1.99. The molecule has 1 N–H and O–H groups in total. The van der Waals surface area contributed by atoms with Crippen molar-refractivity contribution < 1.29 is 4.74 Å². The molecule has 11 heavy (non-hydrogen) atoms. The lowest BCUT2D eigenvalue weighted by molar-refractivity contribution is 0.0667. The summed E-state index contributed by atoms with van der Waals surface area (Å²) in [5, 5.41) is 3.01. The molecule has 2 rings (SSSR count). The van der Waals surface area contributed by atoms with E-state index in [-0.39, 0.29) is 6.35 Å². The summed E-state index contributed by atoms with van der Waals surface area (Å²) in [5.74, 6) is 0. The zero-order chi connectivity index (χ0) is 7.68. The highest BCUT2D eigenvalue weighted by Crippen LogP contribution is 2.23. The van der Waals surface area contributed by atoms with E-state index < -0.39 is 0 Å². The van der Waals surface area contributed by atoms with Crippen molar-refractivity contribution in [1.29, 1.82) is 0 Å².